The second-order valence-corrected chi connectivity index (χ2v) is 4.31. The Labute approximate surface area is 72.3 Å². The van der Waals surface area contributed by atoms with E-state index in [2.05, 4.69) is 4.18 Å². The van der Waals surface area contributed by atoms with E-state index in [4.69, 9.17) is 4.74 Å². The summed E-state index contributed by atoms with van der Waals surface area (Å²) in [4.78, 5) is 0. The van der Waals surface area contributed by atoms with Crippen LogP contribution in [0.1, 0.15) is 6.42 Å². The smallest absolute Gasteiger partial charge is 0.264 e. The highest BCUT2D eigenvalue weighted by Crippen LogP contribution is 2.06. The van der Waals surface area contributed by atoms with Crippen LogP contribution in [0.4, 0.5) is 0 Å². The lowest BCUT2D eigenvalue weighted by Gasteiger charge is -2.12. The molecule has 0 radical (unpaired) electrons. The van der Waals surface area contributed by atoms with Crippen molar-refractivity contribution in [1.29, 1.82) is 0 Å². The minimum atomic E-state index is -3.32. The van der Waals surface area contributed by atoms with Crippen molar-refractivity contribution >= 4 is 10.1 Å². The second-order valence-electron chi connectivity index (χ2n) is 2.67. The molecule has 0 aliphatic carbocycles. The molecule has 5 heteroatoms. The first-order valence-electron chi connectivity index (χ1n) is 3.68. The summed E-state index contributed by atoms with van der Waals surface area (Å²) in [6.45, 7) is 1.32. The summed E-state index contributed by atoms with van der Waals surface area (Å²) in [5, 5.41) is 0. The highest BCUT2D eigenvalue weighted by molar-refractivity contribution is 7.85. The van der Waals surface area contributed by atoms with Crippen LogP contribution in [0.25, 0.3) is 0 Å². The Hall–Kier alpha value is -0.390. The Morgan fingerprint density at radius 3 is 2.92 bits per heavy atom. The van der Waals surface area contributed by atoms with Crippen LogP contribution in [-0.4, -0.2) is 34.5 Å². The van der Waals surface area contributed by atoms with Gasteiger partial charge in [0.15, 0.2) is 0 Å². The van der Waals surface area contributed by atoms with E-state index in [1.54, 1.807) is 0 Å². The monoisotopic (exact) mass is 192 g/mol. The molecule has 0 aromatic carbocycles. The summed E-state index contributed by atoms with van der Waals surface area (Å²) in [6, 6.07) is 0. The molecule has 0 fully saturated rings. The summed E-state index contributed by atoms with van der Waals surface area (Å²) < 4.78 is 30.9. The highest BCUT2D eigenvalue weighted by atomic mass is 32.2. The first kappa shape index (κ1) is 9.70. The fraction of sp³-hybridized carbons (Fsp3) is 0.714. The van der Waals surface area contributed by atoms with E-state index in [0.29, 0.717) is 13.2 Å². The molecule has 4 nitrogen and oxygen atoms in total. The van der Waals surface area contributed by atoms with Crippen molar-refractivity contribution in [2.24, 2.45) is 0 Å². The molecular formula is C7H12O4S. The Bertz CT molecular complexity index is 265. The zero-order chi connectivity index (χ0) is 9.03. The van der Waals surface area contributed by atoms with E-state index >= 15 is 0 Å². The first-order chi connectivity index (χ1) is 5.58. The lowest BCUT2D eigenvalue weighted by atomic mass is 10.2. The Kier molecular flexibility index (Phi) is 3.25. The normalized spacial score (nSPS) is 18.9. The Balaban J connectivity index is 2.36. The molecule has 70 valence electrons. The maximum absolute atomic E-state index is 10.6. The maximum atomic E-state index is 10.6. The lowest BCUT2D eigenvalue weighted by molar-refractivity contribution is 0.142. The van der Waals surface area contributed by atoms with E-state index < -0.39 is 10.1 Å². The molecule has 0 amide bonds. The third-order valence-electron chi connectivity index (χ3n) is 1.44. The SMILES string of the molecule is CS(=O)(=O)OCC1=CCCOC1. The summed E-state index contributed by atoms with van der Waals surface area (Å²) in [5.74, 6) is 0. The molecule has 0 bridgehead atoms. The maximum Gasteiger partial charge on any atom is 0.264 e. The summed E-state index contributed by atoms with van der Waals surface area (Å²) in [5.41, 5.74) is 0.895. The molecule has 1 heterocycles. The number of ether oxygens (including phenoxy) is 1. The zero-order valence-electron chi connectivity index (χ0n) is 6.95. The van der Waals surface area contributed by atoms with Crippen LogP contribution in [0.2, 0.25) is 0 Å². The Morgan fingerprint density at radius 2 is 2.42 bits per heavy atom. The molecule has 1 rings (SSSR count). The van der Waals surface area contributed by atoms with E-state index in [-0.39, 0.29) is 6.61 Å². The van der Waals surface area contributed by atoms with Crippen molar-refractivity contribution in [1.82, 2.24) is 0 Å². The van der Waals surface area contributed by atoms with Gasteiger partial charge in [0.2, 0.25) is 0 Å². The van der Waals surface area contributed by atoms with Gasteiger partial charge in [-0.1, -0.05) is 6.08 Å². The van der Waals surface area contributed by atoms with E-state index in [0.717, 1.165) is 18.2 Å². The van der Waals surface area contributed by atoms with Gasteiger partial charge in [0.05, 0.1) is 26.1 Å². The Morgan fingerprint density at radius 1 is 1.67 bits per heavy atom. The molecule has 0 saturated carbocycles. The summed E-state index contributed by atoms with van der Waals surface area (Å²) in [7, 11) is -3.32. The van der Waals surface area contributed by atoms with Crippen molar-refractivity contribution in [3.8, 4) is 0 Å². The minimum Gasteiger partial charge on any atom is -0.377 e. The molecule has 12 heavy (non-hydrogen) atoms. The van der Waals surface area contributed by atoms with Crippen LogP contribution in [0.3, 0.4) is 0 Å². The molecule has 1 aliphatic rings. The van der Waals surface area contributed by atoms with Crippen molar-refractivity contribution in [3.05, 3.63) is 11.6 Å². The molecule has 0 atom stereocenters. The standard InChI is InChI=1S/C7H12O4S/c1-12(8,9)11-6-7-3-2-4-10-5-7/h3H,2,4-6H2,1H3. The average molecular weight is 192 g/mol. The van der Waals surface area contributed by atoms with Crippen LogP contribution < -0.4 is 0 Å². The highest BCUT2D eigenvalue weighted by Gasteiger charge is 2.07. The van der Waals surface area contributed by atoms with Crippen molar-refractivity contribution < 1.29 is 17.3 Å². The van der Waals surface area contributed by atoms with Gasteiger partial charge in [-0.05, 0) is 12.0 Å². The topological polar surface area (TPSA) is 52.6 Å². The number of hydrogen-bond donors (Lipinski definition) is 0. The van der Waals surface area contributed by atoms with Gasteiger partial charge in [0.25, 0.3) is 10.1 Å². The van der Waals surface area contributed by atoms with Gasteiger partial charge >= 0.3 is 0 Å². The van der Waals surface area contributed by atoms with Gasteiger partial charge in [-0.2, -0.15) is 8.42 Å². The van der Waals surface area contributed by atoms with E-state index in [1.165, 1.54) is 0 Å². The average Bonchev–Trinajstić information content (AvgIpc) is 2.02. The van der Waals surface area contributed by atoms with Crippen LogP contribution in [0, 0.1) is 0 Å². The van der Waals surface area contributed by atoms with Gasteiger partial charge in [-0.3, -0.25) is 4.18 Å². The predicted molar refractivity (Wildman–Crippen MR) is 44.3 cm³/mol. The van der Waals surface area contributed by atoms with Gasteiger partial charge < -0.3 is 4.74 Å². The molecule has 0 unspecified atom stereocenters. The van der Waals surface area contributed by atoms with E-state index in [9.17, 15) is 8.42 Å². The lowest BCUT2D eigenvalue weighted by Crippen LogP contribution is -2.13. The molecule has 0 aromatic heterocycles. The van der Waals surface area contributed by atoms with Gasteiger partial charge in [-0.25, -0.2) is 0 Å². The predicted octanol–water partition coefficient (Wildman–Crippen LogP) is 0.309. The summed E-state index contributed by atoms with van der Waals surface area (Å²) >= 11 is 0. The molecule has 0 saturated heterocycles. The third-order valence-corrected chi connectivity index (χ3v) is 1.99. The second kappa shape index (κ2) is 4.02. The van der Waals surface area contributed by atoms with Gasteiger partial charge in [-0.15, -0.1) is 0 Å². The minimum absolute atomic E-state index is 0.124. The van der Waals surface area contributed by atoms with E-state index in [1.807, 2.05) is 6.08 Å². The third kappa shape index (κ3) is 3.85. The molecular weight excluding hydrogens is 180 g/mol. The van der Waals surface area contributed by atoms with Gasteiger partial charge in [0.1, 0.15) is 0 Å². The van der Waals surface area contributed by atoms with Crippen molar-refractivity contribution in [3.63, 3.8) is 0 Å². The quantitative estimate of drug-likeness (QED) is 0.477. The fourth-order valence-electron chi connectivity index (χ4n) is 0.892. The fourth-order valence-corrected chi connectivity index (χ4v) is 1.26. The molecule has 1 aliphatic heterocycles. The number of hydrogen-bond acceptors (Lipinski definition) is 4. The van der Waals surface area contributed by atoms with Crippen LogP contribution in [0.15, 0.2) is 11.6 Å². The molecule has 0 spiro atoms. The van der Waals surface area contributed by atoms with Crippen LogP contribution >= 0.6 is 0 Å². The first-order valence-corrected chi connectivity index (χ1v) is 5.49. The number of rotatable bonds is 3. The summed E-state index contributed by atoms with van der Waals surface area (Å²) in [6.07, 6.45) is 3.83. The van der Waals surface area contributed by atoms with Crippen LogP contribution in [0.5, 0.6) is 0 Å². The zero-order valence-corrected chi connectivity index (χ0v) is 7.76. The van der Waals surface area contributed by atoms with Gasteiger partial charge in [0, 0.05) is 0 Å². The van der Waals surface area contributed by atoms with Crippen LogP contribution in [-0.2, 0) is 19.0 Å². The van der Waals surface area contributed by atoms with Crippen molar-refractivity contribution in [2.45, 2.75) is 6.42 Å². The molecule has 0 aromatic rings. The molecule has 0 N–H and O–H groups in total. The largest absolute Gasteiger partial charge is 0.377 e. The van der Waals surface area contributed by atoms with Crippen molar-refractivity contribution in [2.75, 3.05) is 26.1 Å².